The average Bonchev–Trinajstić information content (AvgIpc) is 3.01. The number of furan rings is 1. The Morgan fingerprint density at radius 1 is 1.07 bits per heavy atom. The van der Waals surface area contributed by atoms with Crippen LogP contribution in [-0.4, -0.2) is 5.54 Å². The lowest BCUT2D eigenvalue weighted by Gasteiger charge is -2.63. The fraction of sp³-hybridized carbons (Fsp3) is 0.565. The molecule has 0 spiro atoms. The van der Waals surface area contributed by atoms with Gasteiger partial charge in [0.2, 0.25) is 0 Å². The highest BCUT2D eigenvalue weighted by atomic mass is 35.5. The van der Waals surface area contributed by atoms with Crippen LogP contribution in [-0.2, 0) is 6.54 Å². The van der Waals surface area contributed by atoms with E-state index in [-0.39, 0.29) is 5.02 Å². The summed E-state index contributed by atoms with van der Waals surface area (Å²) in [5.41, 5.74) is 2.27. The molecule has 1 heterocycles. The molecular formula is C23H28ClFNO+. The van der Waals surface area contributed by atoms with Crippen LogP contribution in [0.2, 0.25) is 5.02 Å². The second-order valence-corrected chi connectivity index (χ2v) is 10.7. The van der Waals surface area contributed by atoms with E-state index < -0.39 is 5.82 Å². The molecule has 2 unspecified atom stereocenters. The van der Waals surface area contributed by atoms with Crippen LogP contribution in [0.3, 0.4) is 0 Å². The molecule has 4 fully saturated rings. The van der Waals surface area contributed by atoms with Gasteiger partial charge in [0.1, 0.15) is 18.1 Å². The molecule has 4 saturated carbocycles. The van der Waals surface area contributed by atoms with E-state index in [1.54, 1.807) is 12.1 Å². The zero-order valence-corrected chi connectivity index (χ0v) is 16.9. The van der Waals surface area contributed by atoms with Crippen molar-refractivity contribution < 1.29 is 14.1 Å². The minimum Gasteiger partial charge on any atom is -0.455 e. The molecule has 4 aliphatic rings. The summed E-state index contributed by atoms with van der Waals surface area (Å²) in [5.74, 6) is 2.24. The van der Waals surface area contributed by atoms with Gasteiger partial charge < -0.3 is 9.73 Å². The first-order valence-electron chi connectivity index (χ1n) is 10.1. The molecule has 144 valence electrons. The Bertz CT molecular complexity index is 872. The van der Waals surface area contributed by atoms with E-state index in [1.165, 1.54) is 44.6 Å². The second-order valence-electron chi connectivity index (χ2n) is 10.3. The van der Waals surface area contributed by atoms with Crippen molar-refractivity contribution in [3.63, 3.8) is 0 Å². The number of benzene rings is 1. The fourth-order valence-corrected chi connectivity index (χ4v) is 7.55. The molecule has 0 radical (unpaired) electrons. The van der Waals surface area contributed by atoms with E-state index in [9.17, 15) is 4.39 Å². The van der Waals surface area contributed by atoms with Gasteiger partial charge in [0.15, 0.2) is 5.76 Å². The highest BCUT2D eigenvalue weighted by molar-refractivity contribution is 6.31. The van der Waals surface area contributed by atoms with E-state index in [4.69, 9.17) is 16.0 Å². The van der Waals surface area contributed by atoms with Gasteiger partial charge in [-0.3, -0.25) is 0 Å². The molecule has 2 aromatic rings. The number of hydrogen-bond acceptors (Lipinski definition) is 1. The molecule has 1 aromatic carbocycles. The molecule has 6 rings (SSSR count). The molecule has 4 atom stereocenters. The molecule has 4 aliphatic carbocycles. The van der Waals surface area contributed by atoms with Crippen LogP contribution in [0.25, 0.3) is 11.3 Å². The molecule has 2 nitrogen and oxygen atoms in total. The van der Waals surface area contributed by atoms with Gasteiger partial charge in [0, 0.05) is 24.8 Å². The Morgan fingerprint density at radius 2 is 1.81 bits per heavy atom. The van der Waals surface area contributed by atoms with Crippen LogP contribution < -0.4 is 5.32 Å². The van der Waals surface area contributed by atoms with Crippen molar-refractivity contribution in [1.82, 2.24) is 0 Å². The van der Waals surface area contributed by atoms with Crippen molar-refractivity contribution in [2.75, 3.05) is 0 Å². The Balaban J connectivity index is 1.32. The van der Waals surface area contributed by atoms with Crippen LogP contribution in [0, 0.1) is 22.6 Å². The maximum Gasteiger partial charge on any atom is 0.158 e. The summed E-state index contributed by atoms with van der Waals surface area (Å²) < 4.78 is 19.5. The number of rotatable bonds is 4. The summed E-state index contributed by atoms with van der Waals surface area (Å²) in [6, 6.07) is 8.75. The zero-order valence-electron chi connectivity index (χ0n) is 16.2. The van der Waals surface area contributed by atoms with Crippen molar-refractivity contribution in [3.05, 3.63) is 46.9 Å². The molecular weight excluding hydrogens is 361 g/mol. The first-order valence-corrected chi connectivity index (χ1v) is 10.5. The molecule has 1 aromatic heterocycles. The molecule has 0 saturated heterocycles. The number of quaternary nitrogens is 1. The summed E-state index contributed by atoms with van der Waals surface area (Å²) in [6.45, 7) is 5.90. The number of nitrogens with two attached hydrogens (primary N) is 1. The maximum absolute atomic E-state index is 13.4. The minimum atomic E-state index is -0.399. The third-order valence-corrected chi connectivity index (χ3v) is 7.56. The van der Waals surface area contributed by atoms with Crippen LogP contribution >= 0.6 is 11.6 Å². The third kappa shape index (κ3) is 3.13. The van der Waals surface area contributed by atoms with E-state index in [1.807, 2.05) is 12.1 Å². The standard InChI is InChI=1S/C23H27ClFNO/c1-21-8-15-9-22(2,12-21)14-23(10-15,13-21)26-11-17-4-6-20(27-17)16-3-5-19(25)18(24)7-16/h3-7,15,26H,8-14H2,1-2H3/p+1/t15?,21-,22+,23?. The zero-order chi connectivity index (χ0) is 18.9. The normalized spacial score (nSPS) is 37.1. The van der Waals surface area contributed by atoms with Crippen molar-refractivity contribution >= 4 is 11.6 Å². The number of halogens is 2. The summed E-state index contributed by atoms with van der Waals surface area (Å²) in [4.78, 5) is 0. The van der Waals surface area contributed by atoms with E-state index >= 15 is 0 Å². The van der Waals surface area contributed by atoms with Crippen LogP contribution in [0.4, 0.5) is 4.39 Å². The average molecular weight is 389 g/mol. The molecule has 0 amide bonds. The maximum atomic E-state index is 13.4. The first kappa shape index (κ1) is 17.8. The van der Waals surface area contributed by atoms with Gasteiger partial charge in [-0.1, -0.05) is 25.4 Å². The Kier molecular flexibility index (Phi) is 3.84. The predicted molar refractivity (Wildman–Crippen MR) is 105 cm³/mol. The Morgan fingerprint density at radius 3 is 2.48 bits per heavy atom. The SMILES string of the molecule is C[C@]12CC3CC([NH2+]Cc4ccc(-c5ccc(F)c(Cl)c5)o4)(C1)C[C@@](C)(C3)C2. The smallest absolute Gasteiger partial charge is 0.158 e. The summed E-state index contributed by atoms with van der Waals surface area (Å²) in [7, 11) is 0. The van der Waals surface area contributed by atoms with Gasteiger partial charge in [0.25, 0.3) is 0 Å². The van der Waals surface area contributed by atoms with Crippen molar-refractivity contribution in [3.8, 4) is 11.3 Å². The van der Waals surface area contributed by atoms with Gasteiger partial charge >= 0.3 is 0 Å². The lowest BCUT2D eigenvalue weighted by Crippen LogP contribution is -2.98. The molecule has 2 N–H and O–H groups in total. The van der Waals surface area contributed by atoms with Crippen molar-refractivity contribution in [2.24, 2.45) is 16.7 Å². The van der Waals surface area contributed by atoms with Gasteiger partial charge in [-0.05, 0) is 66.3 Å². The Hall–Kier alpha value is -1.32. The molecule has 27 heavy (non-hydrogen) atoms. The van der Waals surface area contributed by atoms with Crippen LogP contribution in [0.5, 0.6) is 0 Å². The van der Waals surface area contributed by atoms with Crippen LogP contribution in [0.15, 0.2) is 34.7 Å². The molecule has 4 heteroatoms. The molecule has 0 aliphatic heterocycles. The predicted octanol–water partition coefficient (Wildman–Crippen LogP) is 5.55. The number of hydrogen-bond donors (Lipinski definition) is 1. The minimum absolute atomic E-state index is 0.132. The first-order chi connectivity index (χ1) is 12.8. The van der Waals surface area contributed by atoms with Crippen molar-refractivity contribution in [2.45, 2.75) is 64.5 Å². The second kappa shape index (κ2) is 5.84. The van der Waals surface area contributed by atoms with Crippen LogP contribution in [0.1, 0.15) is 58.1 Å². The summed E-state index contributed by atoms with van der Waals surface area (Å²) in [6.07, 6.45) is 8.30. The Labute approximate surface area is 165 Å². The highest BCUT2D eigenvalue weighted by Crippen LogP contribution is 2.65. The monoisotopic (exact) mass is 388 g/mol. The quantitative estimate of drug-likeness (QED) is 0.730. The van der Waals surface area contributed by atoms with Gasteiger partial charge in [-0.2, -0.15) is 0 Å². The lowest BCUT2D eigenvalue weighted by molar-refractivity contribution is -0.757. The van der Waals surface area contributed by atoms with E-state index in [0.717, 1.165) is 29.5 Å². The molecule has 4 bridgehead atoms. The van der Waals surface area contributed by atoms with E-state index in [0.29, 0.717) is 16.4 Å². The van der Waals surface area contributed by atoms with Crippen molar-refractivity contribution in [1.29, 1.82) is 0 Å². The third-order valence-electron chi connectivity index (χ3n) is 7.27. The van der Waals surface area contributed by atoms with Gasteiger partial charge in [-0.15, -0.1) is 0 Å². The lowest BCUT2D eigenvalue weighted by atomic mass is 9.43. The fourth-order valence-electron chi connectivity index (χ4n) is 7.37. The largest absolute Gasteiger partial charge is 0.455 e. The van der Waals surface area contributed by atoms with Gasteiger partial charge in [0.05, 0.1) is 10.6 Å². The van der Waals surface area contributed by atoms with E-state index in [2.05, 4.69) is 19.2 Å². The topological polar surface area (TPSA) is 29.8 Å². The highest BCUT2D eigenvalue weighted by Gasteiger charge is 2.62. The summed E-state index contributed by atoms with van der Waals surface area (Å²) in [5, 5.41) is 2.70. The summed E-state index contributed by atoms with van der Waals surface area (Å²) >= 11 is 5.91. The van der Waals surface area contributed by atoms with Gasteiger partial charge in [-0.25, -0.2) is 4.39 Å².